The van der Waals surface area contributed by atoms with Crippen LogP contribution in [0.4, 0.5) is 13.2 Å². The molecule has 0 unspecified atom stereocenters. The Hall–Kier alpha value is -0.490. The van der Waals surface area contributed by atoms with E-state index in [0.29, 0.717) is 0 Å². The molecule has 24 heavy (non-hydrogen) atoms. The fourth-order valence-electron chi connectivity index (χ4n) is 3.94. The Bertz CT molecular complexity index is 501. The number of nitrogens with one attached hydrogen (secondary N) is 1. The van der Waals surface area contributed by atoms with Crippen molar-refractivity contribution in [2.75, 3.05) is 26.2 Å². The summed E-state index contributed by atoms with van der Waals surface area (Å²) in [5, 5.41) is 3.26. The summed E-state index contributed by atoms with van der Waals surface area (Å²) in [7, 11) is 0. The Labute approximate surface area is 154 Å². The molecule has 1 aliphatic carbocycles. The Kier molecular flexibility index (Phi) is 8.85. The predicted octanol–water partition coefficient (Wildman–Crippen LogP) is 4.47. The molecule has 1 aliphatic heterocycles. The predicted molar refractivity (Wildman–Crippen MR) is 94.6 cm³/mol. The van der Waals surface area contributed by atoms with Crippen LogP contribution in [0.2, 0.25) is 0 Å². The molecule has 3 rings (SSSR count). The van der Waals surface area contributed by atoms with Crippen LogP contribution in [0, 0.1) is 23.4 Å². The molecule has 1 saturated carbocycles. The number of nitrogens with zero attached hydrogens (tertiary/aromatic N) is 1. The van der Waals surface area contributed by atoms with Gasteiger partial charge in [0.05, 0.1) is 0 Å². The van der Waals surface area contributed by atoms with Crippen molar-refractivity contribution in [3.05, 3.63) is 35.1 Å². The van der Waals surface area contributed by atoms with Gasteiger partial charge in [-0.05, 0) is 30.9 Å². The molecule has 1 atom stereocenters. The van der Waals surface area contributed by atoms with Gasteiger partial charge in [-0.3, -0.25) is 4.90 Å². The van der Waals surface area contributed by atoms with Crippen LogP contribution in [-0.2, 0) is 0 Å². The highest BCUT2D eigenvalue weighted by Crippen LogP contribution is 2.40. The van der Waals surface area contributed by atoms with Gasteiger partial charge in [-0.2, -0.15) is 0 Å². The third-order valence-corrected chi connectivity index (χ3v) is 5.02. The van der Waals surface area contributed by atoms with E-state index < -0.39 is 17.5 Å². The fraction of sp³-hybridized carbons (Fsp3) is 0.647. The van der Waals surface area contributed by atoms with Crippen LogP contribution in [0.3, 0.4) is 0 Å². The number of piperazine rings is 1. The van der Waals surface area contributed by atoms with Gasteiger partial charge < -0.3 is 5.32 Å². The maximum absolute atomic E-state index is 14.4. The zero-order chi connectivity index (χ0) is 15.5. The van der Waals surface area contributed by atoms with Gasteiger partial charge in [0.15, 0.2) is 11.6 Å². The van der Waals surface area contributed by atoms with Gasteiger partial charge in [0.25, 0.3) is 0 Å². The molecule has 2 nitrogen and oxygen atoms in total. The van der Waals surface area contributed by atoms with Crippen molar-refractivity contribution in [1.29, 1.82) is 0 Å². The van der Waals surface area contributed by atoms with Crippen LogP contribution in [0.5, 0.6) is 0 Å². The largest absolute Gasteiger partial charge is 0.314 e. The van der Waals surface area contributed by atoms with E-state index in [9.17, 15) is 13.2 Å². The average molecular weight is 385 g/mol. The highest BCUT2D eigenvalue weighted by Gasteiger charge is 2.35. The second-order valence-electron chi connectivity index (χ2n) is 6.39. The third-order valence-electron chi connectivity index (χ3n) is 5.02. The van der Waals surface area contributed by atoms with E-state index in [-0.39, 0.29) is 42.3 Å². The number of benzene rings is 1. The molecule has 1 N–H and O–H groups in total. The van der Waals surface area contributed by atoms with Crippen molar-refractivity contribution in [3.63, 3.8) is 0 Å². The molecule has 1 saturated heterocycles. The highest BCUT2D eigenvalue weighted by atomic mass is 35.5. The second-order valence-corrected chi connectivity index (χ2v) is 6.39. The number of rotatable bonds is 3. The van der Waals surface area contributed by atoms with Crippen LogP contribution in [0.25, 0.3) is 0 Å². The summed E-state index contributed by atoms with van der Waals surface area (Å²) < 4.78 is 42.4. The van der Waals surface area contributed by atoms with Gasteiger partial charge in [0.2, 0.25) is 0 Å². The van der Waals surface area contributed by atoms with Gasteiger partial charge in [-0.25, -0.2) is 13.2 Å². The summed E-state index contributed by atoms with van der Waals surface area (Å²) in [5.41, 5.74) is -0.0613. The van der Waals surface area contributed by atoms with Crippen molar-refractivity contribution < 1.29 is 13.2 Å². The molecule has 0 amide bonds. The first kappa shape index (κ1) is 21.6. The molecule has 1 aromatic rings. The third kappa shape index (κ3) is 4.57. The minimum atomic E-state index is -1.01. The molecule has 2 fully saturated rings. The molecular weight excluding hydrogens is 360 g/mol. The molecule has 1 heterocycles. The maximum Gasteiger partial charge on any atom is 0.166 e. The van der Waals surface area contributed by atoms with Crippen LogP contribution in [0.1, 0.15) is 43.7 Å². The first-order valence-electron chi connectivity index (χ1n) is 8.26. The number of halogens is 5. The topological polar surface area (TPSA) is 15.3 Å². The molecule has 7 heteroatoms. The lowest BCUT2D eigenvalue weighted by molar-refractivity contribution is 0.0970. The van der Waals surface area contributed by atoms with Crippen molar-refractivity contribution in [2.24, 2.45) is 5.92 Å². The molecule has 0 radical (unpaired) electrons. The SMILES string of the molecule is Cl.Cl.Fc1ccc(F)c([C@@H](C2CCCCC2)N2CCNCC2)c1F. The summed E-state index contributed by atoms with van der Waals surface area (Å²) in [5.74, 6) is -2.37. The van der Waals surface area contributed by atoms with Crippen LogP contribution in [-0.4, -0.2) is 31.1 Å². The lowest BCUT2D eigenvalue weighted by Gasteiger charge is -2.41. The highest BCUT2D eigenvalue weighted by molar-refractivity contribution is 5.85. The van der Waals surface area contributed by atoms with Crippen LogP contribution < -0.4 is 5.32 Å². The van der Waals surface area contributed by atoms with E-state index in [4.69, 9.17) is 0 Å². The smallest absolute Gasteiger partial charge is 0.166 e. The van der Waals surface area contributed by atoms with E-state index >= 15 is 0 Å². The van der Waals surface area contributed by atoms with E-state index in [1.807, 2.05) is 0 Å². The lowest BCUT2D eigenvalue weighted by atomic mass is 9.79. The van der Waals surface area contributed by atoms with E-state index in [1.54, 1.807) is 0 Å². The van der Waals surface area contributed by atoms with E-state index in [2.05, 4.69) is 10.2 Å². The molecule has 138 valence electrons. The maximum atomic E-state index is 14.4. The Balaban J connectivity index is 0.00000144. The number of hydrogen-bond acceptors (Lipinski definition) is 2. The second kappa shape index (κ2) is 9.85. The van der Waals surface area contributed by atoms with Gasteiger partial charge in [0.1, 0.15) is 5.82 Å². The van der Waals surface area contributed by atoms with Crippen molar-refractivity contribution in [2.45, 2.75) is 38.1 Å². The lowest BCUT2D eigenvalue weighted by Crippen LogP contribution is -2.47. The quantitative estimate of drug-likeness (QED) is 0.773. The van der Waals surface area contributed by atoms with Crippen molar-refractivity contribution >= 4 is 24.8 Å². The first-order valence-corrected chi connectivity index (χ1v) is 8.26. The average Bonchev–Trinajstić information content (AvgIpc) is 2.57. The van der Waals surface area contributed by atoms with Gasteiger partial charge >= 0.3 is 0 Å². The minimum absolute atomic E-state index is 0. The molecular formula is C17H25Cl2F3N2. The zero-order valence-electron chi connectivity index (χ0n) is 13.6. The van der Waals surface area contributed by atoms with Gasteiger partial charge in [-0.1, -0.05) is 19.3 Å². The van der Waals surface area contributed by atoms with Gasteiger partial charge in [0, 0.05) is 37.8 Å². The normalized spacial score (nSPS) is 20.8. The fourth-order valence-corrected chi connectivity index (χ4v) is 3.94. The van der Waals surface area contributed by atoms with Crippen molar-refractivity contribution in [3.8, 4) is 0 Å². The zero-order valence-corrected chi connectivity index (χ0v) is 15.2. The summed E-state index contributed by atoms with van der Waals surface area (Å²) in [6, 6.07) is 1.59. The van der Waals surface area contributed by atoms with Crippen molar-refractivity contribution in [1.82, 2.24) is 10.2 Å². The number of hydrogen-bond donors (Lipinski definition) is 1. The Morgan fingerprint density at radius 3 is 2.12 bits per heavy atom. The molecule has 1 aromatic carbocycles. The van der Waals surface area contributed by atoms with E-state index in [0.717, 1.165) is 64.0 Å². The summed E-state index contributed by atoms with van der Waals surface area (Å²) in [4.78, 5) is 2.13. The van der Waals surface area contributed by atoms with Crippen LogP contribution >= 0.6 is 24.8 Å². The summed E-state index contributed by atoms with van der Waals surface area (Å²) >= 11 is 0. The minimum Gasteiger partial charge on any atom is -0.314 e. The molecule has 2 aliphatic rings. The summed E-state index contributed by atoms with van der Waals surface area (Å²) in [6.45, 7) is 3.11. The van der Waals surface area contributed by atoms with Gasteiger partial charge in [-0.15, -0.1) is 24.8 Å². The molecule has 0 bridgehead atoms. The monoisotopic (exact) mass is 384 g/mol. The first-order chi connectivity index (χ1) is 10.7. The summed E-state index contributed by atoms with van der Waals surface area (Å²) in [6.07, 6.45) is 5.28. The molecule has 0 aromatic heterocycles. The Morgan fingerprint density at radius 2 is 1.50 bits per heavy atom. The van der Waals surface area contributed by atoms with E-state index in [1.165, 1.54) is 6.42 Å². The Morgan fingerprint density at radius 1 is 0.917 bits per heavy atom. The molecule has 0 spiro atoms. The standard InChI is InChI=1S/C17H23F3N2.2ClH/c18-13-6-7-14(19)16(20)15(13)17(12-4-2-1-3-5-12)22-10-8-21-9-11-22;;/h6-7,12,17,21H,1-5,8-11H2;2*1H/t17-;;/m1../s1. The van der Waals surface area contributed by atoms with Crippen LogP contribution in [0.15, 0.2) is 12.1 Å².